The van der Waals surface area contributed by atoms with Crippen molar-refractivity contribution in [2.45, 2.75) is 39.8 Å². The van der Waals surface area contributed by atoms with Gasteiger partial charge < -0.3 is 15.1 Å². The van der Waals surface area contributed by atoms with E-state index in [1.165, 1.54) is 0 Å². The van der Waals surface area contributed by atoms with Crippen LogP contribution in [0, 0.1) is 6.92 Å². The summed E-state index contributed by atoms with van der Waals surface area (Å²) in [5, 5.41) is 6.76. The fourth-order valence-electron chi connectivity index (χ4n) is 1.56. The van der Waals surface area contributed by atoms with E-state index in [0.717, 1.165) is 37.6 Å². The molecule has 1 unspecified atom stereocenters. The maximum Gasteiger partial charge on any atom is 0.117 e. The predicted molar refractivity (Wildman–Crippen MR) is 62.9 cm³/mol. The zero-order chi connectivity index (χ0) is 11.1. The molecule has 0 aliphatic carbocycles. The minimum Gasteiger partial charge on any atom is -0.465 e. The Hall–Kier alpha value is -0.800. The third-order valence-electron chi connectivity index (χ3n) is 2.40. The molecule has 0 aliphatic rings. The summed E-state index contributed by atoms with van der Waals surface area (Å²) in [6.07, 6.45) is 1.15. The first-order valence-electron chi connectivity index (χ1n) is 5.71. The second-order valence-corrected chi connectivity index (χ2v) is 3.94. The Balaban J connectivity index is 2.06. The van der Waals surface area contributed by atoms with Crippen molar-refractivity contribution in [2.75, 3.05) is 13.1 Å². The standard InChI is InChI=1S/C12H22N2O/c1-4-14-10(2)7-8-13-9-12-6-5-11(3)15-12/h5-6,10,13-14H,4,7-9H2,1-3H3. The van der Waals surface area contributed by atoms with Crippen molar-refractivity contribution in [2.24, 2.45) is 0 Å². The van der Waals surface area contributed by atoms with Gasteiger partial charge in [0.1, 0.15) is 11.5 Å². The predicted octanol–water partition coefficient (Wildman–Crippen LogP) is 2.07. The van der Waals surface area contributed by atoms with Crippen LogP contribution in [0.15, 0.2) is 16.5 Å². The van der Waals surface area contributed by atoms with Crippen molar-refractivity contribution in [3.8, 4) is 0 Å². The number of hydrogen-bond donors (Lipinski definition) is 2. The van der Waals surface area contributed by atoms with Gasteiger partial charge in [-0.05, 0) is 45.5 Å². The smallest absolute Gasteiger partial charge is 0.117 e. The van der Waals surface area contributed by atoms with Crippen LogP contribution in [0.4, 0.5) is 0 Å². The van der Waals surface area contributed by atoms with E-state index in [1.807, 2.05) is 19.1 Å². The first-order chi connectivity index (χ1) is 7.22. The second kappa shape index (κ2) is 6.64. The van der Waals surface area contributed by atoms with Gasteiger partial charge in [-0.2, -0.15) is 0 Å². The number of nitrogens with one attached hydrogen (secondary N) is 2. The maximum atomic E-state index is 5.46. The molecule has 1 rings (SSSR count). The maximum absolute atomic E-state index is 5.46. The highest BCUT2D eigenvalue weighted by molar-refractivity contribution is 5.04. The topological polar surface area (TPSA) is 37.2 Å². The molecule has 0 fully saturated rings. The van der Waals surface area contributed by atoms with Crippen LogP contribution in [0.2, 0.25) is 0 Å². The Morgan fingerprint density at radius 3 is 2.80 bits per heavy atom. The molecule has 0 aromatic carbocycles. The van der Waals surface area contributed by atoms with Gasteiger partial charge in [0.05, 0.1) is 6.54 Å². The van der Waals surface area contributed by atoms with Gasteiger partial charge in [0.25, 0.3) is 0 Å². The molecule has 0 radical (unpaired) electrons. The average molecular weight is 210 g/mol. The Morgan fingerprint density at radius 2 is 2.20 bits per heavy atom. The van der Waals surface area contributed by atoms with Crippen LogP contribution in [-0.4, -0.2) is 19.1 Å². The summed E-state index contributed by atoms with van der Waals surface area (Å²) < 4.78 is 5.46. The summed E-state index contributed by atoms with van der Waals surface area (Å²) in [5.74, 6) is 2.00. The number of furan rings is 1. The van der Waals surface area contributed by atoms with Crippen LogP contribution in [0.3, 0.4) is 0 Å². The lowest BCUT2D eigenvalue weighted by Gasteiger charge is -2.11. The SMILES string of the molecule is CCNC(C)CCNCc1ccc(C)o1. The van der Waals surface area contributed by atoms with Gasteiger partial charge in [0.2, 0.25) is 0 Å². The molecule has 3 nitrogen and oxygen atoms in total. The van der Waals surface area contributed by atoms with Crippen molar-refractivity contribution in [3.63, 3.8) is 0 Å². The summed E-state index contributed by atoms with van der Waals surface area (Å²) in [7, 11) is 0. The molecule has 15 heavy (non-hydrogen) atoms. The lowest BCUT2D eigenvalue weighted by atomic mass is 10.2. The van der Waals surface area contributed by atoms with Crippen LogP contribution in [-0.2, 0) is 6.54 Å². The van der Waals surface area contributed by atoms with E-state index in [1.54, 1.807) is 0 Å². The quantitative estimate of drug-likeness (QED) is 0.676. The van der Waals surface area contributed by atoms with Crippen molar-refractivity contribution < 1.29 is 4.42 Å². The van der Waals surface area contributed by atoms with Gasteiger partial charge in [-0.3, -0.25) is 0 Å². The number of rotatable bonds is 7. The Bertz CT molecular complexity index is 270. The lowest BCUT2D eigenvalue weighted by molar-refractivity contribution is 0.447. The van der Waals surface area contributed by atoms with E-state index in [0.29, 0.717) is 6.04 Å². The van der Waals surface area contributed by atoms with E-state index in [-0.39, 0.29) is 0 Å². The second-order valence-electron chi connectivity index (χ2n) is 3.94. The van der Waals surface area contributed by atoms with E-state index in [9.17, 15) is 0 Å². The van der Waals surface area contributed by atoms with Crippen LogP contribution in [0.1, 0.15) is 31.8 Å². The van der Waals surface area contributed by atoms with Crippen LogP contribution in [0.5, 0.6) is 0 Å². The molecule has 1 atom stereocenters. The fraction of sp³-hybridized carbons (Fsp3) is 0.667. The van der Waals surface area contributed by atoms with Gasteiger partial charge in [0, 0.05) is 6.04 Å². The summed E-state index contributed by atoms with van der Waals surface area (Å²) in [6, 6.07) is 4.61. The van der Waals surface area contributed by atoms with Crippen LogP contribution >= 0.6 is 0 Å². The lowest BCUT2D eigenvalue weighted by Crippen LogP contribution is -2.29. The largest absolute Gasteiger partial charge is 0.465 e. The van der Waals surface area contributed by atoms with E-state index in [4.69, 9.17) is 4.42 Å². The van der Waals surface area contributed by atoms with E-state index in [2.05, 4.69) is 24.5 Å². The average Bonchev–Trinajstić information content (AvgIpc) is 2.60. The highest BCUT2D eigenvalue weighted by atomic mass is 16.3. The molecule has 1 heterocycles. The summed E-state index contributed by atoms with van der Waals surface area (Å²) in [6.45, 7) is 9.20. The molecule has 0 saturated carbocycles. The minimum atomic E-state index is 0.584. The number of hydrogen-bond acceptors (Lipinski definition) is 3. The van der Waals surface area contributed by atoms with Gasteiger partial charge in [-0.25, -0.2) is 0 Å². The molecule has 1 aromatic heterocycles. The summed E-state index contributed by atoms with van der Waals surface area (Å²) in [4.78, 5) is 0. The van der Waals surface area contributed by atoms with E-state index >= 15 is 0 Å². The van der Waals surface area contributed by atoms with Crippen molar-refractivity contribution in [1.82, 2.24) is 10.6 Å². The molecule has 1 aromatic rings. The minimum absolute atomic E-state index is 0.584. The first-order valence-corrected chi connectivity index (χ1v) is 5.71. The third-order valence-corrected chi connectivity index (χ3v) is 2.40. The highest BCUT2D eigenvalue weighted by Gasteiger charge is 2.00. The molecular formula is C12H22N2O. The number of aryl methyl sites for hydroxylation is 1. The highest BCUT2D eigenvalue weighted by Crippen LogP contribution is 2.05. The van der Waals surface area contributed by atoms with Crippen molar-refractivity contribution in [1.29, 1.82) is 0 Å². The molecule has 0 aliphatic heterocycles. The Morgan fingerprint density at radius 1 is 1.40 bits per heavy atom. The van der Waals surface area contributed by atoms with Gasteiger partial charge in [-0.1, -0.05) is 6.92 Å². The van der Waals surface area contributed by atoms with Gasteiger partial charge in [-0.15, -0.1) is 0 Å². The molecule has 0 bridgehead atoms. The fourth-order valence-corrected chi connectivity index (χ4v) is 1.56. The summed E-state index contributed by atoms with van der Waals surface area (Å²) in [5.41, 5.74) is 0. The normalized spacial score (nSPS) is 13.0. The Kier molecular flexibility index (Phi) is 5.43. The first kappa shape index (κ1) is 12.3. The van der Waals surface area contributed by atoms with Gasteiger partial charge in [0.15, 0.2) is 0 Å². The molecule has 86 valence electrons. The third kappa shape index (κ3) is 5.00. The zero-order valence-electron chi connectivity index (χ0n) is 9.97. The van der Waals surface area contributed by atoms with Crippen LogP contribution < -0.4 is 10.6 Å². The molecule has 3 heteroatoms. The van der Waals surface area contributed by atoms with Gasteiger partial charge >= 0.3 is 0 Å². The van der Waals surface area contributed by atoms with Crippen LogP contribution in [0.25, 0.3) is 0 Å². The zero-order valence-corrected chi connectivity index (χ0v) is 9.97. The van der Waals surface area contributed by atoms with E-state index < -0.39 is 0 Å². The monoisotopic (exact) mass is 210 g/mol. The Labute approximate surface area is 92.2 Å². The molecule has 0 amide bonds. The summed E-state index contributed by atoms with van der Waals surface area (Å²) >= 11 is 0. The van der Waals surface area contributed by atoms with Crippen molar-refractivity contribution >= 4 is 0 Å². The van der Waals surface area contributed by atoms with Crippen molar-refractivity contribution in [3.05, 3.63) is 23.7 Å². The molecular weight excluding hydrogens is 188 g/mol. The molecule has 2 N–H and O–H groups in total. The molecule has 0 saturated heterocycles. The molecule has 0 spiro atoms.